The molecule has 2 aromatic heterocycles. The molecule has 7 heteroatoms. The topological polar surface area (TPSA) is 64.2 Å². The molecule has 0 saturated carbocycles. The van der Waals surface area contributed by atoms with E-state index in [2.05, 4.69) is 17.1 Å². The van der Waals surface area contributed by atoms with E-state index in [4.69, 9.17) is 4.42 Å². The van der Waals surface area contributed by atoms with E-state index in [0.29, 0.717) is 11.7 Å². The van der Waals surface area contributed by atoms with Crippen LogP contribution in [0, 0.1) is 12.8 Å². The molecule has 124 valence electrons. The molecule has 0 aliphatic carbocycles. The number of carbonyl (C=O) groups is 1. The van der Waals surface area contributed by atoms with Crippen molar-refractivity contribution in [2.45, 2.75) is 31.8 Å². The number of furan rings is 1. The molecule has 3 rings (SSSR count). The van der Waals surface area contributed by atoms with Gasteiger partial charge in [-0.15, -0.1) is 10.2 Å². The zero-order chi connectivity index (χ0) is 16.4. The van der Waals surface area contributed by atoms with E-state index in [0.717, 1.165) is 41.8 Å². The number of hydrogen-bond donors (Lipinski definition) is 0. The molecular formula is C16H22N4O2S. The van der Waals surface area contributed by atoms with Gasteiger partial charge in [-0.2, -0.15) is 0 Å². The van der Waals surface area contributed by atoms with Crippen LogP contribution in [0.2, 0.25) is 0 Å². The van der Waals surface area contributed by atoms with E-state index in [1.165, 1.54) is 18.2 Å². The van der Waals surface area contributed by atoms with Gasteiger partial charge in [-0.05, 0) is 31.7 Å². The molecule has 23 heavy (non-hydrogen) atoms. The zero-order valence-corrected chi connectivity index (χ0v) is 14.6. The highest BCUT2D eigenvalue weighted by atomic mass is 32.2. The first-order valence-electron chi connectivity index (χ1n) is 7.90. The van der Waals surface area contributed by atoms with E-state index in [1.807, 2.05) is 29.5 Å². The van der Waals surface area contributed by atoms with Crippen LogP contribution in [0.25, 0.3) is 11.4 Å². The first-order valence-corrected chi connectivity index (χ1v) is 8.89. The Balaban J connectivity index is 1.64. The number of aromatic nitrogens is 3. The van der Waals surface area contributed by atoms with Crippen molar-refractivity contribution in [3.63, 3.8) is 0 Å². The van der Waals surface area contributed by atoms with Crippen LogP contribution >= 0.6 is 11.8 Å². The molecule has 2 aromatic rings. The Hall–Kier alpha value is -1.76. The van der Waals surface area contributed by atoms with Gasteiger partial charge in [-0.25, -0.2) is 0 Å². The van der Waals surface area contributed by atoms with Gasteiger partial charge in [0.05, 0.1) is 17.6 Å². The molecule has 1 aliphatic heterocycles. The van der Waals surface area contributed by atoms with Crippen LogP contribution in [-0.2, 0) is 11.8 Å². The fourth-order valence-corrected chi connectivity index (χ4v) is 3.74. The minimum Gasteiger partial charge on any atom is -0.469 e. The molecule has 1 atom stereocenters. The third-order valence-electron chi connectivity index (χ3n) is 4.27. The Morgan fingerprint density at radius 1 is 1.48 bits per heavy atom. The van der Waals surface area contributed by atoms with Crippen molar-refractivity contribution in [3.05, 3.63) is 18.1 Å². The maximum absolute atomic E-state index is 12.4. The maximum atomic E-state index is 12.4. The number of hydrogen-bond acceptors (Lipinski definition) is 5. The van der Waals surface area contributed by atoms with Crippen molar-refractivity contribution < 1.29 is 9.21 Å². The monoisotopic (exact) mass is 334 g/mol. The van der Waals surface area contributed by atoms with Crippen LogP contribution in [-0.4, -0.2) is 44.4 Å². The third kappa shape index (κ3) is 3.44. The molecule has 0 bridgehead atoms. The van der Waals surface area contributed by atoms with Crippen LogP contribution in [0.15, 0.2) is 21.9 Å². The smallest absolute Gasteiger partial charge is 0.233 e. The van der Waals surface area contributed by atoms with Crippen molar-refractivity contribution in [1.29, 1.82) is 0 Å². The van der Waals surface area contributed by atoms with Gasteiger partial charge >= 0.3 is 0 Å². The number of aryl methyl sites for hydroxylation is 1. The van der Waals surface area contributed by atoms with Crippen molar-refractivity contribution in [3.8, 4) is 11.4 Å². The Morgan fingerprint density at radius 3 is 3.00 bits per heavy atom. The molecule has 0 aromatic carbocycles. The largest absolute Gasteiger partial charge is 0.469 e. The van der Waals surface area contributed by atoms with Crippen LogP contribution in [0.4, 0.5) is 0 Å². The Bertz CT molecular complexity index is 694. The minimum atomic E-state index is 0.186. The van der Waals surface area contributed by atoms with Crippen LogP contribution in [0.3, 0.4) is 0 Å². The molecule has 1 fully saturated rings. The summed E-state index contributed by atoms with van der Waals surface area (Å²) < 4.78 is 7.23. The SMILES string of the molecule is Cc1occc1-c1nnc(SCC(=O)N2CCCC(C)C2)n1C. The summed E-state index contributed by atoms with van der Waals surface area (Å²) >= 11 is 1.44. The molecule has 1 saturated heterocycles. The number of nitrogens with zero attached hydrogens (tertiary/aromatic N) is 4. The highest BCUT2D eigenvalue weighted by Crippen LogP contribution is 2.26. The molecule has 1 aliphatic rings. The Kier molecular flexibility index (Phi) is 4.75. The maximum Gasteiger partial charge on any atom is 0.233 e. The Labute approximate surface area is 140 Å². The van der Waals surface area contributed by atoms with Crippen molar-refractivity contribution in [1.82, 2.24) is 19.7 Å². The van der Waals surface area contributed by atoms with E-state index < -0.39 is 0 Å². The second-order valence-electron chi connectivity index (χ2n) is 6.13. The molecule has 6 nitrogen and oxygen atoms in total. The summed E-state index contributed by atoms with van der Waals surface area (Å²) in [5.74, 6) is 2.77. The quantitative estimate of drug-likeness (QED) is 0.805. The Morgan fingerprint density at radius 2 is 2.30 bits per heavy atom. The fourth-order valence-electron chi connectivity index (χ4n) is 2.93. The summed E-state index contributed by atoms with van der Waals surface area (Å²) in [6.45, 7) is 5.85. The van der Waals surface area contributed by atoms with E-state index >= 15 is 0 Å². The summed E-state index contributed by atoms with van der Waals surface area (Å²) in [7, 11) is 1.91. The van der Waals surface area contributed by atoms with Gasteiger partial charge in [0.1, 0.15) is 5.76 Å². The second kappa shape index (κ2) is 6.78. The lowest BCUT2D eigenvalue weighted by Crippen LogP contribution is -2.40. The first-order chi connectivity index (χ1) is 11.1. The van der Waals surface area contributed by atoms with Gasteiger partial charge in [0, 0.05) is 20.1 Å². The number of likely N-dealkylation sites (tertiary alicyclic amines) is 1. The summed E-state index contributed by atoms with van der Waals surface area (Å²) in [4.78, 5) is 14.3. The average molecular weight is 334 g/mol. The molecule has 0 radical (unpaired) electrons. The first kappa shape index (κ1) is 16.1. The summed E-state index contributed by atoms with van der Waals surface area (Å²) in [6, 6.07) is 1.88. The number of rotatable bonds is 4. The van der Waals surface area contributed by atoms with Gasteiger partial charge in [0.25, 0.3) is 0 Å². The van der Waals surface area contributed by atoms with Gasteiger partial charge < -0.3 is 13.9 Å². The summed E-state index contributed by atoms with van der Waals surface area (Å²) in [5.41, 5.74) is 0.933. The number of carbonyl (C=O) groups excluding carboxylic acids is 1. The minimum absolute atomic E-state index is 0.186. The molecule has 0 N–H and O–H groups in total. The zero-order valence-electron chi connectivity index (χ0n) is 13.8. The third-order valence-corrected chi connectivity index (χ3v) is 5.27. The number of thioether (sulfide) groups is 1. The van der Waals surface area contributed by atoms with Crippen molar-refractivity contribution >= 4 is 17.7 Å². The van der Waals surface area contributed by atoms with Gasteiger partial charge in [-0.1, -0.05) is 18.7 Å². The predicted molar refractivity (Wildman–Crippen MR) is 89.1 cm³/mol. The molecule has 3 heterocycles. The molecule has 0 spiro atoms. The van der Waals surface area contributed by atoms with Crippen LogP contribution in [0.5, 0.6) is 0 Å². The average Bonchev–Trinajstić information content (AvgIpc) is 3.10. The second-order valence-corrected chi connectivity index (χ2v) is 7.07. The van der Waals surface area contributed by atoms with Crippen LogP contribution in [0.1, 0.15) is 25.5 Å². The van der Waals surface area contributed by atoms with Crippen molar-refractivity contribution in [2.24, 2.45) is 13.0 Å². The lowest BCUT2D eigenvalue weighted by molar-refractivity contribution is -0.130. The lowest BCUT2D eigenvalue weighted by atomic mass is 10.0. The van der Waals surface area contributed by atoms with E-state index in [1.54, 1.807) is 6.26 Å². The van der Waals surface area contributed by atoms with Gasteiger partial charge in [-0.3, -0.25) is 4.79 Å². The van der Waals surface area contributed by atoms with Gasteiger partial charge in [0.2, 0.25) is 5.91 Å². The normalized spacial score (nSPS) is 18.4. The van der Waals surface area contributed by atoms with Gasteiger partial charge in [0.15, 0.2) is 11.0 Å². The molecule has 1 unspecified atom stereocenters. The summed E-state index contributed by atoms with van der Waals surface area (Å²) in [5, 5.41) is 9.19. The highest BCUT2D eigenvalue weighted by molar-refractivity contribution is 7.99. The number of amides is 1. The summed E-state index contributed by atoms with van der Waals surface area (Å²) in [6.07, 6.45) is 3.96. The fraction of sp³-hybridized carbons (Fsp3) is 0.562. The van der Waals surface area contributed by atoms with Crippen LogP contribution < -0.4 is 0 Å². The molecule has 1 amide bonds. The number of piperidine rings is 1. The van der Waals surface area contributed by atoms with Crippen molar-refractivity contribution in [2.75, 3.05) is 18.8 Å². The highest BCUT2D eigenvalue weighted by Gasteiger charge is 2.22. The van der Waals surface area contributed by atoms with E-state index in [-0.39, 0.29) is 5.91 Å². The lowest BCUT2D eigenvalue weighted by Gasteiger charge is -2.30. The standard InChI is InChI=1S/C16H22N4O2S/c1-11-5-4-7-20(9-11)14(21)10-23-16-18-17-15(19(16)3)13-6-8-22-12(13)2/h6,8,11H,4-5,7,9-10H2,1-3H3. The predicted octanol–water partition coefficient (Wildman–Crippen LogP) is 2.73. The molecular weight excluding hydrogens is 312 g/mol. The van der Waals surface area contributed by atoms with E-state index in [9.17, 15) is 4.79 Å².